The average molecular weight is 302 g/mol. The number of hydrogen-bond acceptors (Lipinski definition) is 4. The molecule has 6 nitrogen and oxygen atoms in total. The summed E-state index contributed by atoms with van der Waals surface area (Å²) >= 11 is 5.91. The molecule has 3 N–H and O–H groups in total. The first-order valence-electron chi connectivity index (χ1n) is 6.81. The molecule has 2 heterocycles. The van der Waals surface area contributed by atoms with Gasteiger partial charge in [-0.25, -0.2) is 0 Å². The highest BCUT2D eigenvalue weighted by Crippen LogP contribution is 2.35. The summed E-state index contributed by atoms with van der Waals surface area (Å²) in [6.45, 7) is 2.63. The lowest BCUT2D eigenvalue weighted by atomic mass is 9.74. The SMILES string of the molecule is CCC[C@@]1(CO)CN(C(=O)c2[nH]ncc2Cl)CC[C@@H]1O. The molecule has 1 saturated heterocycles. The monoisotopic (exact) mass is 301 g/mol. The Morgan fingerprint density at radius 2 is 2.45 bits per heavy atom. The van der Waals surface area contributed by atoms with Gasteiger partial charge in [-0.15, -0.1) is 0 Å². The van der Waals surface area contributed by atoms with Crippen molar-refractivity contribution in [3.63, 3.8) is 0 Å². The fraction of sp³-hybridized carbons (Fsp3) is 0.692. The molecule has 7 heteroatoms. The van der Waals surface area contributed by atoms with E-state index in [-0.39, 0.29) is 23.2 Å². The molecule has 1 amide bonds. The van der Waals surface area contributed by atoms with Crippen LogP contribution in [0, 0.1) is 5.41 Å². The maximum Gasteiger partial charge on any atom is 0.273 e. The van der Waals surface area contributed by atoms with Crippen molar-refractivity contribution in [1.29, 1.82) is 0 Å². The normalized spacial score (nSPS) is 26.8. The Labute approximate surface area is 122 Å². The summed E-state index contributed by atoms with van der Waals surface area (Å²) < 4.78 is 0. The van der Waals surface area contributed by atoms with Gasteiger partial charge in [-0.2, -0.15) is 5.10 Å². The van der Waals surface area contributed by atoms with Gasteiger partial charge in [0.2, 0.25) is 0 Å². The van der Waals surface area contributed by atoms with Gasteiger partial charge in [0.1, 0.15) is 5.69 Å². The van der Waals surface area contributed by atoms with Crippen LogP contribution in [0.5, 0.6) is 0 Å². The number of amides is 1. The Bertz CT molecular complexity index is 479. The van der Waals surface area contributed by atoms with Gasteiger partial charge in [0.15, 0.2) is 0 Å². The van der Waals surface area contributed by atoms with Crippen molar-refractivity contribution in [3.8, 4) is 0 Å². The molecule has 2 atom stereocenters. The van der Waals surface area contributed by atoms with E-state index >= 15 is 0 Å². The highest BCUT2D eigenvalue weighted by atomic mass is 35.5. The van der Waals surface area contributed by atoms with E-state index in [4.69, 9.17) is 11.6 Å². The molecule has 0 unspecified atom stereocenters. The van der Waals surface area contributed by atoms with Gasteiger partial charge in [0, 0.05) is 18.5 Å². The number of halogens is 1. The van der Waals surface area contributed by atoms with Gasteiger partial charge in [-0.3, -0.25) is 9.89 Å². The summed E-state index contributed by atoms with van der Waals surface area (Å²) in [5, 5.41) is 26.5. The largest absolute Gasteiger partial charge is 0.396 e. The molecule has 0 aromatic carbocycles. The van der Waals surface area contributed by atoms with E-state index in [2.05, 4.69) is 10.2 Å². The predicted octanol–water partition coefficient (Wildman–Crippen LogP) is 1.05. The van der Waals surface area contributed by atoms with Crippen LogP contribution in [0.25, 0.3) is 0 Å². The van der Waals surface area contributed by atoms with Crippen LogP contribution >= 0.6 is 11.6 Å². The number of carbonyl (C=O) groups is 1. The van der Waals surface area contributed by atoms with Crippen LogP contribution in [0.4, 0.5) is 0 Å². The summed E-state index contributed by atoms with van der Waals surface area (Å²) in [6, 6.07) is 0. The summed E-state index contributed by atoms with van der Waals surface area (Å²) in [5.74, 6) is -0.242. The van der Waals surface area contributed by atoms with Crippen molar-refractivity contribution in [2.75, 3.05) is 19.7 Å². The smallest absolute Gasteiger partial charge is 0.273 e. The zero-order chi connectivity index (χ0) is 14.8. The van der Waals surface area contributed by atoms with E-state index in [1.807, 2.05) is 6.92 Å². The Hall–Kier alpha value is -1.11. The zero-order valence-corrected chi connectivity index (χ0v) is 12.2. The van der Waals surface area contributed by atoms with E-state index < -0.39 is 11.5 Å². The number of rotatable bonds is 4. The van der Waals surface area contributed by atoms with Crippen LogP contribution < -0.4 is 0 Å². The van der Waals surface area contributed by atoms with Crippen LogP contribution in [0.1, 0.15) is 36.7 Å². The maximum absolute atomic E-state index is 12.4. The third-order valence-electron chi connectivity index (χ3n) is 4.04. The predicted molar refractivity (Wildman–Crippen MR) is 74.6 cm³/mol. The average Bonchev–Trinajstić information content (AvgIpc) is 2.87. The molecule has 1 aromatic rings. The van der Waals surface area contributed by atoms with Gasteiger partial charge in [-0.05, 0) is 12.8 Å². The minimum absolute atomic E-state index is 0.136. The number of aliphatic hydroxyl groups excluding tert-OH is 2. The lowest BCUT2D eigenvalue weighted by Gasteiger charge is -2.45. The van der Waals surface area contributed by atoms with Crippen LogP contribution in [0.3, 0.4) is 0 Å². The molecule has 1 fully saturated rings. The van der Waals surface area contributed by atoms with Gasteiger partial charge in [0.25, 0.3) is 5.91 Å². The van der Waals surface area contributed by atoms with Crippen molar-refractivity contribution < 1.29 is 15.0 Å². The minimum Gasteiger partial charge on any atom is -0.396 e. The molecule has 1 aliphatic heterocycles. The lowest BCUT2D eigenvalue weighted by Crippen LogP contribution is -2.55. The first-order chi connectivity index (χ1) is 9.54. The Balaban J connectivity index is 2.18. The third-order valence-corrected chi connectivity index (χ3v) is 4.33. The van der Waals surface area contributed by atoms with Crippen molar-refractivity contribution in [1.82, 2.24) is 15.1 Å². The second kappa shape index (κ2) is 6.11. The second-order valence-electron chi connectivity index (χ2n) is 5.39. The third kappa shape index (κ3) is 2.68. The number of aliphatic hydroxyl groups is 2. The molecule has 0 spiro atoms. The fourth-order valence-corrected chi connectivity index (χ4v) is 3.05. The molecule has 2 rings (SSSR count). The van der Waals surface area contributed by atoms with E-state index in [1.54, 1.807) is 4.90 Å². The highest BCUT2D eigenvalue weighted by molar-refractivity contribution is 6.33. The molecular weight excluding hydrogens is 282 g/mol. The Morgan fingerprint density at radius 1 is 1.70 bits per heavy atom. The number of aromatic amines is 1. The molecule has 20 heavy (non-hydrogen) atoms. The second-order valence-corrected chi connectivity index (χ2v) is 5.80. The van der Waals surface area contributed by atoms with Gasteiger partial charge in [-0.1, -0.05) is 24.9 Å². The van der Waals surface area contributed by atoms with Gasteiger partial charge in [0.05, 0.1) is 23.9 Å². The number of piperidine rings is 1. The van der Waals surface area contributed by atoms with Gasteiger partial charge < -0.3 is 15.1 Å². The summed E-state index contributed by atoms with van der Waals surface area (Å²) in [4.78, 5) is 14.0. The van der Waals surface area contributed by atoms with Crippen molar-refractivity contribution >= 4 is 17.5 Å². The molecule has 0 bridgehead atoms. The molecule has 0 aliphatic carbocycles. The number of aromatic nitrogens is 2. The number of nitrogens with zero attached hydrogens (tertiary/aromatic N) is 2. The lowest BCUT2D eigenvalue weighted by molar-refractivity contribution is -0.0721. The molecule has 112 valence electrons. The summed E-state index contributed by atoms with van der Waals surface area (Å²) in [7, 11) is 0. The van der Waals surface area contributed by atoms with E-state index in [1.165, 1.54) is 6.20 Å². The Kier molecular flexibility index (Phi) is 4.67. The van der Waals surface area contributed by atoms with Crippen LogP contribution in [-0.2, 0) is 0 Å². The van der Waals surface area contributed by atoms with Crippen molar-refractivity contribution in [3.05, 3.63) is 16.9 Å². The van der Waals surface area contributed by atoms with E-state index in [0.717, 1.165) is 6.42 Å². The topological polar surface area (TPSA) is 89.5 Å². The van der Waals surface area contributed by atoms with E-state index in [9.17, 15) is 15.0 Å². The number of H-pyrrole nitrogens is 1. The number of nitrogens with one attached hydrogen (secondary N) is 1. The quantitative estimate of drug-likeness (QED) is 0.775. The standard InChI is InChI=1S/C13H20ClN3O3/c1-2-4-13(8-18)7-17(5-3-10(13)19)12(20)11-9(14)6-15-16-11/h6,10,18-19H,2-5,7-8H2,1H3,(H,15,16)/t10-,13-/m0/s1. The van der Waals surface area contributed by atoms with E-state index in [0.29, 0.717) is 25.9 Å². The van der Waals surface area contributed by atoms with Crippen molar-refractivity contribution in [2.45, 2.75) is 32.3 Å². The number of carbonyl (C=O) groups excluding carboxylic acids is 1. The van der Waals surface area contributed by atoms with Crippen LogP contribution in [0.2, 0.25) is 5.02 Å². The maximum atomic E-state index is 12.4. The Morgan fingerprint density at radius 3 is 3.00 bits per heavy atom. The number of likely N-dealkylation sites (tertiary alicyclic amines) is 1. The molecule has 0 radical (unpaired) electrons. The summed E-state index contributed by atoms with van der Waals surface area (Å²) in [6.07, 6.45) is 2.76. The van der Waals surface area contributed by atoms with Gasteiger partial charge >= 0.3 is 0 Å². The molecule has 0 saturated carbocycles. The zero-order valence-electron chi connectivity index (χ0n) is 11.5. The first kappa shape index (κ1) is 15.3. The molecular formula is C13H20ClN3O3. The summed E-state index contributed by atoms with van der Waals surface area (Å²) in [5.41, 5.74) is -0.388. The van der Waals surface area contributed by atoms with Crippen molar-refractivity contribution in [2.24, 2.45) is 5.41 Å². The first-order valence-corrected chi connectivity index (χ1v) is 7.19. The number of hydrogen-bond donors (Lipinski definition) is 3. The minimum atomic E-state index is -0.644. The van der Waals surface area contributed by atoms with Crippen LogP contribution in [0.15, 0.2) is 6.20 Å². The fourth-order valence-electron chi connectivity index (χ4n) is 2.88. The highest BCUT2D eigenvalue weighted by Gasteiger charge is 2.43. The van der Waals surface area contributed by atoms with Crippen LogP contribution in [-0.4, -0.2) is 57.0 Å². The molecule has 1 aliphatic rings. The molecule has 1 aromatic heterocycles.